The maximum atomic E-state index is 11.4. The number of benzene rings is 1. The summed E-state index contributed by atoms with van der Waals surface area (Å²) in [6.07, 6.45) is 1.78. The molecule has 0 bridgehead atoms. The Kier molecular flexibility index (Phi) is 2.70. The molecule has 0 aromatic heterocycles. The topological polar surface area (TPSA) is 26.3 Å². The van der Waals surface area contributed by atoms with Crippen LogP contribution in [-0.2, 0) is 6.42 Å². The summed E-state index contributed by atoms with van der Waals surface area (Å²) >= 11 is 6.21. The molecule has 0 amide bonds. The predicted octanol–water partition coefficient (Wildman–Crippen LogP) is 3.65. The first-order valence-electron chi connectivity index (χ1n) is 5.42. The van der Waals surface area contributed by atoms with E-state index in [-0.39, 0.29) is 11.4 Å². The average molecular weight is 239 g/mol. The zero-order chi connectivity index (χ0) is 11.9. The Morgan fingerprint density at radius 3 is 2.75 bits per heavy atom. The number of Topliss-reactive ketones (excluding diaryl/α,β-unsaturated/α-hetero) is 1. The van der Waals surface area contributed by atoms with E-state index in [1.165, 1.54) is 6.92 Å². The molecule has 1 aliphatic heterocycles. The molecule has 0 saturated carbocycles. The second-order valence-electron chi connectivity index (χ2n) is 4.82. The summed E-state index contributed by atoms with van der Waals surface area (Å²) in [7, 11) is 0. The van der Waals surface area contributed by atoms with Crippen LogP contribution in [0.15, 0.2) is 12.1 Å². The molecule has 86 valence electrons. The van der Waals surface area contributed by atoms with Crippen LogP contribution in [-0.4, -0.2) is 11.4 Å². The number of ether oxygens (including phenoxy) is 1. The van der Waals surface area contributed by atoms with Gasteiger partial charge in [-0.1, -0.05) is 11.6 Å². The fourth-order valence-electron chi connectivity index (χ4n) is 1.98. The number of carbonyl (C=O) groups excluding carboxylic acids is 1. The fourth-order valence-corrected chi connectivity index (χ4v) is 2.36. The lowest BCUT2D eigenvalue weighted by Gasteiger charge is -2.33. The van der Waals surface area contributed by atoms with Crippen molar-refractivity contribution in [3.63, 3.8) is 0 Å². The Bertz CT molecular complexity index is 449. The smallest absolute Gasteiger partial charge is 0.161 e. The first-order chi connectivity index (χ1) is 7.41. The zero-order valence-electron chi connectivity index (χ0n) is 9.76. The molecule has 0 atom stereocenters. The number of hydrogen-bond donors (Lipinski definition) is 0. The van der Waals surface area contributed by atoms with Crippen molar-refractivity contribution < 1.29 is 9.53 Å². The summed E-state index contributed by atoms with van der Waals surface area (Å²) in [5.41, 5.74) is 1.41. The van der Waals surface area contributed by atoms with E-state index >= 15 is 0 Å². The van der Waals surface area contributed by atoms with Crippen LogP contribution in [0.5, 0.6) is 5.75 Å². The Hall–Kier alpha value is -1.02. The molecule has 16 heavy (non-hydrogen) atoms. The lowest BCUT2D eigenvalue weighted by Crippen LogP contribution is -2.32. The number of halogens is 1. The standard InChI is InChI=1S/C13H15ClO2/c1-8(15)9-4-5-11-10(12(9)14)6-7-13(2,3)16-11/h4-5H,6-7H2,1-3H3. The van der Waals surface area contributed by atoms with Gasteiger partial charge in [0.05, 0.1) is 5.02 Å². The average Bonchev–Trinajstić information content (AvgIpc) is 2.15. The van der Waals surface area contributed by atoms with Crippen LogP contribution in [0.4, 0.5) is 0 Å². The van der Waals surface area contributed by atoms with Gasteiger partial charge in [0.25, 0.3) is 0 Å². The van der Waals surface area contributed by atoms with Crippen LogP contribution in [0, 0.1) is 0 Å². The van der Waals surface area contributed by atoms with Crippen molar-refractivity contribution in [3.8, 4) is 5.75 Å². The fraction of sp³-hybridized carbons (Fsp3) is 0.462. The maximum Gasteiger partial charge on any atom is 0.161 e. The first kappa shape index (κ1) is 11.5. The SMILES string of the molecule is CC(=O)c1ccc2c(c1Cl)CCC(C)(C)O2. The van der Waals surface area contributed by atoms with E-state index in [2.05, 4.69) is 13.8 Å². The van der Waals surface area contributed by atoms with E-state index in [9.17, 15) is 4.79 Å². The summed E-state index contributed by atoms with van der Waals surface area (Å²) in [4.78, 5) is 11.4. The van der Waals surface area contributed by atoms with Crippen LogP contribution >= 0.6 is 11.6 Å². The Morgan fingerprint density at radius 1 is 1.44 bits per heavy atom. The summed E-state index contributed by atoms with van der Waals surface area (Å²) in [6.45, 7) is 5.65. The second kappa shape index (κ2) is 3.77. The molecule has 3 heteroatoms. The van der Waals surface area contributed by atoms with Crippen molar-refractivity contribution in [1.82, 2.24) is 0 Å². The summed E-state index contributed by atoms with van der Waals surface area (Å²) in [6, 6.07) is 3.59. The van der Waals surface area contributed by atoms with Gasteiger partial charge in [-0.25, -0.2) is 0 Å². The molecular weight excluding hydrogens is 224 g/mol. The molecule has 0 radical (unpaired) electrons. The molecule has 1 heterocycles. The van der Waals surface area contributed by atoms with Gasteiger partial charge in [0.1, 0.15) is 11.4 Å². The second-order valence-corrected chi connectivity index (χ2v) is 5.20. The Morgan fingerprint density at radius 2 is 2.12 bits per heavy atom. The van der Waals surface area contributed by atoms with Crippen LogP contribution in [0.1, 0.15) is 43.1 Å². The predicted molar refractivity (Wildman–Crippen MR) is 64.5 cm³/mol. The molecule has 0 aliphatic carbocycles. The third-order valence-corrected chi connectivity index (χ3v) is 3.37. The molecule has 1 aromatic rings. The Labute approximate surface area is 101 Å². The normalized spacial score (nSPS) is 17.5. The van der Waals surface area contributed by atoms with Crippen LogP contribution < -0.4 is 4.74 Å². The van der Waals surface area contributed by atoms with Crippen molar-refractivity contribution in [2.75, 3.05) is 0 Å². The highest BCUT2D eigenvalue weighted by atomic mass is 35.5. The summed E-state index contributed by atoms with van der Waals surface area (Å²) in [5, 5.41) is 0.556. The van der Waals surface area contributed by atoms with Crippen molar-refractivity contribution in [3.05, 3.63) is 28.3 Å². The molecular formula is C13H15ClO2. The van der Waals surface area contributed by atoms with Gasteiger partial charge < -0.3 is 4.74 Å². The van der Waals surface area contributed by atoms with Gasteiger partial charge in [-0.15, -0.1) is 0 Å². The lowest BCUT2D eigenvalue weighted by atomic mass is 9.93. The van der Waals surface area contributed by atoms with Crippen LogP contribution in [0.25, 0.3) is 0 Å². The zero-order valence-corrected chi connectivity index (χ0v) is 10.5. The van der Waals surface area contributed by atoms with Gasteiger partial charge in [0.2, 0.25) is 0 Å². The molecule has 0 N–H and O–H groups in total. The summed E-state index contributed by atoms with van der Waals surface area (Å²) < 4.78 is 5.84. The molecule has 0 saturated heterocycles. The molecule has 1 aromatic carbocycles. The highest BCUT2D eigenvalue weighted by molar-refractivity contribution is 6.34. The quantitative estimate of drug-likeness (QED) is 0.699. The van der Waals surface area contributed by atoms with Crippen LogP contribution in [0.2, 0.25) is 5.02 Å². The minimum absolute atomic E-state index is 0.00219. The Balaban J connectivity index is 2.49. The lowest BCUT2D eigenvalue weighted by molar-refractivity contribution is 0.0846. The van der Waals surface area contributed by atoms with Crippen molar-refractivity contribution in [1.29, 1.82) is 0 Å². The molecule has 0 fully saturated rings. The van der Waals surface area contributed by atoms with Crippen molar-refractivity contribution in [2.45, 2.75) is 39.2 Å². The van der Waals surface area contributed by atoms with Gasteiger partial charge in [-0.3, -0.25) is 4.79 Å². The molecule has 0 unspecified atom stereocenters. The molecule has 2 nitrogen and oxygen atoms in total. The third-order valence-electron chi connectivity index (χ3n) is 2.94. The summed E-state index contributed by atoms with van der Waals surface area (Å²) in [5.74, 6) is 0.809. The van der Waals surface area contributed by atoms with Gasteiger partial charge >= 0.3 is 0 Å². The largest absolute Gasteiger partial charge is 0.488 e. The van der Waals surface area contributed by atoms with Crippen molar-refractivity contribution >= 4 is 17.4 Å². The van der Waals surface area contributed by atoms with E-state index in [1.54, 1.807) is 6.07 Å². The van der Waals surface area contributed by atoms with Crippen molar-refractivity contribution in [2.24, 2.45) is 0 Å². The minimum atomic E-state index is -0.145. The number of ketones is 1. The monoisotopic (exact) mass is 238 g/mol. The van der Waals surface area contributed by atoms with E-state index in [1.807, 2.05) is 6.07 Å². The number of rotatable bonds is 1. The first-order valence-corrected chi connectivity index (χ1v) is 5.80. The van der Waals surface area contributed by atoms with Crippen LogP contribution in [0.3, 0.4) is 0 Å². The maximum absolute atomic E-state index is 11.4. The minimum Gasteiger partial charge on any atom is -0.488 e. The van der Waals surface area contributed by atoms with E-state index in [4.69, 9.17) is 16.3 Å². The highest BCUT2D eigenvalue weighted by Gasteiger charge is 2.28. The molecule has 2 rings (SSSR count). The van der Waals surface area contributed by atoms with Gasteiger partial charge in [0.15, 0.2) is 5.78 Å². The number of carbonyl (C=O) groups is 1. The molecule has 1 aliphatic rings. The van der Waals surface area contributed by atoms with Gasteiger partial charge in [-0.2, -0.15) is 0 Å². The van der Waals surface area contributed by atoms with Gasteiger partial charge in [0, 0.05) is 11.1 Å². The number of fused-ring (bicyclic) bond motifs is 1. The van der Waals surface area contributed by atoms with Gasteiger partial charge in [-0.05, 0) is 45.7 Å². The van der Waals surface area contributed by atoms with E-state index < -0.39 is 0 Å². The van der Waals surface area contributed by atoms with E-state index in [0.717, 1.165) is 24.2 Å². The number of hydrogen-bond acceptors (Lipinski definition) is 2. The van der Waals surface area contributed by atoms with E-state index in [0.29, 0.717) is 10.6 Å². The highest BCUT2D eigenvalue weighted by Crippen LogP contribution is 2.38. The third kappa shape index (κ3) is 1.94. The molecule has 0 spiro atoms.